The average molecular weight is 253 g/mol. The van der Waals surface area contributed by atoms with Crippen LogP contribution in [-0.4, -0.2) is 26.2 Å². The van der Waals surface area contributed by atoms with Crippen molar-refractivity contribution < 1.29 is 5.11 Å². The van der Waals surface area contributed by atoms with Crippen LogP contribution in [0.5, 0.6) is 0 Å². The number of benzene rings is 1. The number of rotatable bonds is 3. The number of para-hydroxylation sites is 1. The summed E-state index contributed by atoms with van der Waals surface area (Å²) in [6.45, 7) is 0.0684. The third kappa shape index (κ3) is 2.11. The summed E-state index contributed by atoms with van der Waals surface area (Å²) in [5.41, 5.74) is 3.18. The van der Waals surface area contributed by atoms with Crippen LogP contribution in [0.2, 0.25) is 0 Å². The molecule has 96 valence electrons. The molecule has 0 bridgehead atoms. The molecular formula is C15H15N3O. The first kappa shape index (κ1) is 11.9. The average Bonchev–Trinajstić information content (AvgIpc) is 2.78. The second-order valence-corrected chi connectivity index (χ2v) is 4.50. The second kappa shape index (κ2) is 4.82. The summed E-state index contributed by atoms with van der Waals surface area (Å²) >= 11 is 0. The quantitative estimate of drug-likeness (QED) is 0.778. The van der Waals surface area contributed by atoms with E-state index in [1.807, 2.05) is 25.2 Å². The lowest BCUT2D eigenvalue weighted by molar-refractivity contribution is 0.296. The maximum absolute atomic E-state index is 8.97. The third-order valence-corrected chi connectivity index (χ3v) is 3.21. The summed E-state index contributed by atoms with van der Waals surface area (Å²) < 4.78 is 2.10. The van der Waals surface area contributed by atoms with Crippen molar-refractivity contribution in [3.05, 3.63) is 48.5 Å². The van der Waals surface area contributed by atoms with Gasteiger partial charge in [0.05, 0.1) is 12.3 Å². The summed E-state index contributed by atoms with van der Waals surface area (Å²) in [6.07, 6.45) is 4.31. The highest BCUT2D eigenvalue weighted by Gasteiger charge is 2.09. The van der Waals surface area contributed by atoms with Gasteiger partial charge in [-0.25, -0.2) is 9.97 Å². The Morgan fingerprint density at radius 1 is 1.21 bits per heavy atom. The number of hydrogen-bond acceptors (Lipinski definition) is 3. The Morgan fingerprint density at radius 2 is 2.05 bits per heavy atom. The molecule has 4 nitrogen and oxygen atoms in total. The van der Waals surface area contributed by atoms with Crippen LogP contribution >= 0.6 is 0 Å². The SMILES string of the molecule is Cn1cc(-c2ccnc(CCO)n2)c2ccccc21. The molecule has 19 heavy (non-hydrogen) atoms. The van der Waals surface area contributed by atoms with E-state index in [-0.39, 0.29) is 6.61 Å². The Kier molecular flexibility index (Phi) is 3.01. The first-order valence-electron chi connectivity index (χ1n) is 6.27. The van der Waals surface area contributed by atoms with Gasteiger partial charge in [0.2, 0.25) is 0 Å². The number of aliphatic hydroxyl groups excluding tert-OH is 1. The van der Waals surface area contributed by atoms with Gasteiger partial charge >= 0.3 is 0 Å². The van der Waals surface area contributed by atoms with Gasteiger partial charge in [-0.3, -0.25) is 0 Å². The van der Waals surface area contributed by atoms with Crippen LogP contribution in [0.3, 0.4) is 0 Å². The van der Waals surface area contributed by atoms with Gasteiger partial charge in [0, 0.05) is 42.3 Å². The van der Waals surface area contributed by atoms with E-state index in [9.17, 15) is 0 Å². The van der Waals surface area contributed by atoms with Gasteiger partial charge in [0.25, 0.3) is 0 Å². The summed E-state index contributed by atoms with van der Waals surface area (Å²) in [5, 5.41) is 10.2. The molecule has 0 aliphatic rings. The lowest BCUT2D eigenvalue weighted by Gasteiger charge is -2.01. The van der Waals surface area contributed by atoms with Gasteiger partial charge in [-0.15, -0.1) is 0 Å². The highest BCUT2D eigenvalue weighted by molar-refractivity contribution is 5.95. The molecule has 0 aliphatic carbocycles. The van der Waals surface area contributed by atoms with Crippen LogP contribution in [-0.2, 0) is 13.5 Å². The van der Waals surface area contributed by atoms with Crippen LogP contribution in [0.15, 0.2) is 42.7 Å². The van der Waals surface area contributed by atoms with Crippen LogP contribution in [0.1, 0.15) is 5.82 Å². The molecule has 0 amide bonds. The number of hydrogen-bond donors (Lipinski definition) is 1. The lowest BCUT2D eigenvalue weighted by atomic mass is 10.1. The minimum Gasteiger partial charge on any atom is -0.396 e. The normalized spacial score (nSPS) is 11.1. The van der Waals surface area contributed by atoms with E-state index in [2.05, 4.69) is 32.9 Å². The van der Waals surface area contributed by atoms with Crippen molar-refractivity contribution in [2.45, 2.75) is 6.42 Å². The van der Waals surface area contributed by atoms with Crippen molar-refractivity contribution in [2.24, 2.45) is 7.05 Å². The number of aryl methyl sites for hydroxylation is 1. The van der Waals surface area contributed by atoms with Gasteiger partial charge in [0.15, 0.2) is 0 Å². The van der Waals surface area contributed by atoms with Gasteiger partial charge < -0.3 is 9.67 Å². The second-order valence-electron chi connectivity index (χ2n) is 4.50. The fourth-order valence-corrected chi connectivity index (χ4v) is 2.32. The van der Waals surface area contributed by atoms with Crippen molar-refractivity contribution in [3.63, 3.8) is 0 Å². The van der Waals surface area contributed by atoms with Crippen LogP contribution < -0.4 is 0 Å². The van der Waals surface area contributed by atoms with E-state index in [4.69, 9.17) is 5.11 Å². The molecule has 4 heteroatoms. The standard InChI is InChI=1S/C15H15N3O/c1-18-10-12(11-4-2-3-5-14(11)18)13-6-8-16-15(17-13)7-9-19/h2-6,8,10,19H,7,9H2,1H3. The predicted molar refractivity (Wildman–Crippen MR) is 74.7 cm³/mol. The third-order valence-electron chi connectivity index (χ3n) is 3.21. The lowest BCUT2D eigenvalue weighted by Crippen LogP contribution is -1.99. The molecule has 0 fully saturated rings. The fourth-order valence-electron chi connectivity index (χ4n) is 2.32. The zero-order valence-electron chi connectivity index (χ0n) is 10.7. The molecule has 3 aromatic rings. The van der Waals surface area contributed by atoms with E-state index in [0.29, 0.717) is 12.2 Å². The van der Waals surface area contributed by atoms with Crippen LogP contribution in [0.25, 0.3) is 22.2 Å². The largest absolute Gasteiger partial charge is 0.396 e. The fraction of sp³-hybridized carbons (Fsp3) is 0.200. The van der Waals surface area contributed by atoms with Gasteiger partial charge in [0.1, 0.15) is 5.82 Å². The Morgan fingerprint density at radius 3 is 2.89 bits per heavy atom. The molecule has 0 unspecified atom stereocenters. The molecule has 0 saturated heterocycles. The van der Waals surface area contributed by atoms with E-state index in [1.54, 1.807) is 6.20 Å². The first-order valence-corrected chi connectivity index (χ1v) is 6.27. The van der Waals surface area contributed by atoms with Crippen molar-refractivity contribution in [1.29, 1.82) is 0 Å². The number of aliphatic hydroxyl groups is 1. The molecular weight excluding hydrogens is 238 g/mol. The molecule has 3 rings (SSSR count). The molecule has 1 N–H and O–H groups in total. The molecule has 0 spiro atoms. The van der Waals surface area contributed by atoms with Gasteiger partial charge in [-0.2, -0.15) is 0 Å². The van der Waals surface area contributed by atoms with Crippen molar-refractivity contribution in [2.75, 3.05) is 6.61 Å². The van der Waals surface area contributed by atoms with Crippen molar-refractivity contribution in [3.8, 4) is 11.3 Å². The van der Waals surface area contributed by atoms with Crippen molar-refractivity contribution >= 4 is 10.9 Å². The van der Waals surface area contributed by atoms with E-state index in [1.165, 1.54) is 10.9 Å². The molecule has 1 aromatic carbocycles. The van der Waals surface area contributed by atoms with E-state index in [0.717, 1.165) is 11.3 Å². The smallest absolute Gasteiger partial charge is 0.131 e. The van der Waals surface area contributed by atoms with Crippen LogP contribution in [0, 0.1) is 0 Å². The maximum atomic E-state index is 8.97. The minimum atomic E-state index is 0.0684. The summed E-state index contributed by atoms with van der Waals surface area (Å²) in [6, 6.07) is 10.2. The highest BCUT2D eigenvalue weighted by Crippen LogP contribution is 2.28. The van der Waals surface area contributed by atoms with E-state index < -0.39 is 0 Å². The molecule has 0 radical (unpaired) electrons. The summed E-state index contributed by atoms with van der Waals surface area (Å²) in [5.74, 6) is 0.674. The zero-order valence-corrected chi connectivity index (χ0v) is 10.7. The highest BCUT2D eigenvalue weighted by atomic mass is 16.3. The molecule has 2 aromatic heterocycles. The Balaban J connectivity index is 2.16. The maximum Gasteiger partial charge on any atom is 0.131 e. The molecule has 2 heterocycles. The number of aromatic nitrogens is 3. The zero-order chi connectivity index (χ0) is 13.2. The Labute approximate surface area is 111 Å². The van der Waals surface area contributed by atoms with Crippen LogP contribution in [0.4, 0.5) is 0 Å². The van der Waals surface area contributed by atoms with Gasteiger partial charge in [-0.05, 0) is 12.1 Å². The number of nitrogens with zero attached hydrogens (tertiary/aromatic N) is 3. The number of fused-ring (bicyclic) bond motifs is 1. The van der Waals surface area contributed by atoms with E-state index >= 15 is 0 Å². The molecule has 0 saturated carbocycles. The molecule has 0 aliphatic heterocycles. The summed E-state index contributed by atoms with van der Waals surface area (Å²) in [4.78, 5) is 8.68. The predicted octanol–water partition coefficient (Wildman–Crippen LogP) is 2.17. The summed E-state index contributed by atoms with van der Waals surface area (Å²) in [7, 11) is 2.03. The topological polar surface area (TPSA) is 50.9 Å². The van der Waals surface area contributed by atoms with Crippen molar-refractivity contribution in [1.82, 2.24) is 14.5 Å². The minimum absolute atomic E-state index is 0.0684. The molecule has 0 atom stereocenters. The Bertz CT molecular complexity index is 718. The Hall–Kier alpha value is -2.20. The van der Waals surface area contributed by atoms with Gasteiger partial charge in [-0.1, -0.05) is 18.2 Å². The first-order chi connectivity index (χ1) is 9.29. The monoisotopic (exact) mass is 253 g/mol.